The quantitative estimate of drug-likeness (QED) is 0.411. The summed E-state index contributed by atoms with van der Waals surface area (Å²) in [7, 11) is 0. The molecule has 30 heavy (non-hydrogen) atoms. The minimum absolute atomic E-state index is 0.0303. The second-order valence-corrected chi connectivity index (χ2v) is 8.06. The summed E-state index contributed by atoms with van der Waals surface area (Å²) < 4.78 is 5.50. The molecule has 0 saturated heterocycles. The van der Waals surface area contributed by atoms with Gasteiger partial charge in [0.1, 0.15) is 6.61 Å². The highest BCUT2D eigenvalue weighted by Crippen LogP contribution is 2.44. The molecule has 0 aliphatic heterocycles. The summed E-state index contributed by atoms with van der Waals surface area (Å²) in [6.45, 7) is 0.547. The molecular formula is C24H18Cl3NO2. The normalized spacial score (nSPS) is 12.6. The largest absolute Gasteiger partial charge is 0.449 e. The first-order valence-corrected chi connectivity index (χ1v) is 10.6. The Labute approximate surface area is 190 Å². The van der Waals surface area contributed by atoms with Gasteiger partial charge in [-0.3, -0.25) is 0 Å². The number of alkyl carbamates (subject to hydrolysis) is 1. The number of amides is 1. The van der Waals surface area contributed by atoms with E-state index >= 15 is 0 Å². The van der Waals surface area contributed by atoms with Gasteiger partial charge >= 0.3 is 6.09 Å². The third kappa shape index (κ3) is 4.20. The second kappa shape index (κ2) is 9.13. The molecule has 1 amide bonds. The third-order valence-electron chi connectivity index (χ3n) is 5.07. The maximum Gasteiger partial charge on any atom is 0.407 e. The van der Waals surface area contributed by atoms with E-state index in [-0.39, 0.29) is 19.1 Å². The summed E-state index contributed by atoms with van der Waals surface area (Å²) in [5.41, 5.74) is 5.36. The number of hydrogen-bond acceptors (Lipinski definition) is 2. The molecule has 3 aromatic carbocycles. The zero-order valence-electron chi connectivity index (χ0n) is 15.9. The molecule has 4 rings (SSSR count). The van der Waals surface area contributed by atoms with Crippen LogP contribution in [0.4, 0.5) is 4.79 Å². The van der Waals surface area contributed by atoms with Gasteiger partial charge in [0.25, 0.3) is 0 Å². The van der Waals surface area contributed by atoms with E-state index in [4.69, 9.17) is 39.5 Å². The lowest BCUT2D eigenvalue weighted by Crippen LogP contribution is -2.26. The molecule has 0 spiro atoms. The molecule has 0 fully saturated rings. The number of carbonyl (C=O) groups excluding carboxylic acids is 1. The Balaban J connectivity index is 1.36. The number of hydrogen-bond donors (Lipinski definition) is 1. The Hall–Kier alpha value is -2.46. The molecule has 0 atom stereocenters. The predicted molar refractivity (Wildman–Crippen MR) is 124 cm³/mol. The van der Waals surface area contributed by atoms with Gasteiger partial charge in [-0.1, -0.05) is 95.5 Å². The summed E-state index contributed by atoms with van der Waals surface area (Å²) in [6, 6.07) is 19.8. The molecule has 1 aliphatic rings. The van der Waals surface area contributed by atoms with Crippen molar-refractivity contribution in [1.29, 1.82) is 0 Å². The van der Waals surface area contributed by atoms with Crippen LogP contribution in [0.3, 0.4) is 0 Å². The molecule has 0 aromatic heterocycles. The fourth-order valence-electron chi connectivity index (χ4n) is 3.66. The lowest BCUT2D eigenvalue weighted by molar-refractivity contribution is 0.144. The molecule has 3 nitrogen and oxygen atoms in total. The van der Waals surface area contributed by atoms with Crippen molar-refractivity contribution in [2.24, 2.45) is 0 Å². The average molecular weight is 459 g/mol. The maximum absolute atomic E-state index is 12.2. The minimum atomic E-state index is -0.482. The van der Waals surface area contributed by atoms with Gasteiger partial charge in [-0.05, 0) is 34.4 Å². The lowest BCUT2D eigenvalue weighted by Gasteiger charge is -2.14. The van der Waals surface area contributed by atoms with Gasteiger partial charge in [-0.25, -0.2) is 4.79 Å². The van der Waals surface area contributed by atoms with Crippen LogP contribution in [-0.4, -0.2) is 19.2 Å². The molecular weight excluding hydrogens is 441 g/mol. The molecule has 6 heteroatoms. The SMILES string of the molecule is O=C(NCC=Cc1c(Cl)ccc(Cl)c1Cl)OCC1c2ccccc2-c2ccccc21. The van der Waals surface area contributed by atoms with Crippen LogP contribution in [0.1, 0.15) is 22.6 Å². The molecule has 0 unspecified atom stereocenters. The van der Waals surface area contributed by atoms with E-state index in [0.717, 1.165) is 0 Å². The van der Waals surface area contributed by atoms with Crippen LogP contribution in [0.25, 0.3) is 17.2 Å². The number of benzene rings is 3. The number of nitrogens with one attached hydrogen (secondary N) is 1. The van der Waals surface area contributed by atoms with Gasteiger partial charge in [-0.2, -0.15) is 0 Å². The standard InChI is InChI=1S/C24H18Cl3NO2/c25-21-11-12-22(26)23(27)19(21)10-5-13-28-24(29)30-14-20-17-8-3-1-6-15(17)16-7-2-4-9-18(16)20/h1-12,20H,13-14H2,(H,28,29). The number of fused-ring (bicyclic) bond motifs is 3. The smallest absolute Gasteiger partial charge is 0.407 e. The number of rotatable bonds is 5. The first-order chi connectivity index (χ1) is 14.6. The Morgan fingerprint density at radius 2 is 1.50 bits per heavy atom. The zero-order valence-corrected chi connectivity index (χ0v) is 18.1. The summed E-state index contributed by atoms with van der Waals surface area (Å²) in [5.74, 6) is 0.0303. The number of ether oxygens (including phenoxy) is 1. The van der Waals surface area contributed by atoms with E-state index in [9.17, 15) is 4.79 Å². The highest BCUT2D eigenvalue weighted by molar-refractivity contribution is 6.44. The summed E-state index contributed by atoms with van der Waals surface area (Å²) in [6.07, 6.45) is 2.98. The van der Waals surface area contributed by atoms with E-state index in [2.05, 4.69) is 29.6 Å². The summed E-state index contributed by atoms with van der Waals surface area (Å²) >= 11 is 18.3. The first kappa shape index (κ1) is 20.8. The Kier molecular flexibility index (Phi) is 6.33. The van der Waals surface area contributed by atoms with Crippen LogP contribution in [0.15, 0.2) is 66.7 Å². The monoisotopic (exact) mass is 457 g/mol. The van der Waals surface area contributed by atoms with Crippen LogP contribution in [0.2, 0.25) is 15.1 Å². The minimum Gasteiger partial charge on any atom is -0.449 e. The Morgan fingerprint density at radius 3 is 2.17 bits per heavy atom. The fourth-order valence-corrected chi connectivity index (χ4v) is 4.33. The highest BCUT2D eigenvalue weighted by Gasteiger charge is 2.28. The predicted octanol–water partition coefficient (Wildman–Crippen LogP) is 7.20. The fraction of sp³-hybridized carbons (Fsp3) is 0.125. The van der Waals surface area contributed by atoms with E-state index in [1.165, 1.54) is 22.3 Å². The van der Waals surface area contributed by atoms with Gasteiger partial charge in [0.15, 0.2) is 0 Å². The van der Waals surface area contributed by atoms with Crippen molar-refractivity contribution in [1.82, 2.24) is 5.32 Å². The van der Waals surface area contributed by atoms with Crippen molar-refractivity contribution < 1.29 is 9.53 Å². The topological polar surface area (TPSA) is 38.3 Å². The Bertz CT molecular complexity index is 1080. The van der Waals surface area contributed by atoms with Crippen LogP contribution in [0, 0.1) is 0 Å². The van der Waals surface area contributed by atoms with Gasteiger partial charge in [0.05, 0.1) is 10.0 Å². The van der Waals surface area contributed by atoms with Crippen molar-refractivity contribution in [2.75, 3.05) is 13.2 Å². The van der Waals surface area contributed by atoms with Crippen LogP contribution in [0.5, 0.6) is 0 Å². The van der Waals surface area contributed by atoms with Crippen molar-refractivity contribution >= 4 is 47.0 Å². The molecule has 0 bridgehead atoms. The van der Waals surface area contributed by atoms with Crippen molar-refractivity contribution in [3.05, 3.63) is 98.5 Å². The number of carbonyl (C=O) groups is 1. The highest BCUT2D eigenvalue weighted by atomic mass is 35.5. The zero-order chi connectivity index (χ0) is 21.1. The Morgan fingerprint density at radius 1 is 0.900 bits per heavy atom. The van der Waals surface area contributed by atoms with Crippen molar-refractivity contribution in [3.63, 3.8) is 0 Å². The molecule has 152 valence electrons. The first-order valence-electron chi connectivity index (χ1n) is 9.45. The van der Waals surface area contributed by atoms with Crippen molar-refractivity contribution in [2.45, 2.75) is 5.92 Å². The molecule has 0 radical (unpaired) electrons. The summed E-state index contributed by atoms with van der Waals surface area (Å²) in [5, 5.41) is 4.00. The maximum atomic E-state index is 12.2. The summed E-state index contributed by atoms with van der Waals surface area (Å²) in [4.78, 5) is 12.2. The van der Waals surface area contributed by atoms with E-state index in [1.54, 1.807) is 24.3 Å². The van der Waals surface area contributed by atoms with E-state index in [0.29, 0.717) is 20.6 Å². The van der Waals surface area contributed by atoms with E-state index in [1.807, 2.05) is 24.3 Å². The molecule has 1 N–H and O–H groups in total. The average Bonchev–Trinajstić information content (AvgIpc) is 3.08. The van der Waals surface area contributed by atoms with E-state index < -0.39 is 6.09 Å². The van der Waals surface area contributed by atoms with Gasteiger partial charge in [-0.15, -0.1) is 0 Å². The number of halogens is 3. The molecule has 0 saturated carbocycles. The van der Waals surface area contributed by atoms with Gasteiger partial charge < -0.3 is 10.1 Å². The van der Waals surface area contributed by atoms with Crippen LogP contribution in [-0.2, 0) is 4.74 Å². The van der Waals surface area contributed by atoms with Crippen molar-refractivity contribution in [3.8, 4) is 11.1 Å². The second-order valence-electron chi connectivity index (χ2n) is 6.87. The van der Waals surface area contributed by atoms with Crippen LogP contribution < -0.4 is 5.32 Å². The molecule has 1 aliphatic carbocycles. The molecule has 3 aromatic rings. The molecule has 0 heterocycles. The van der Waals surface area contributed by atoms with Crippen LogP contribution >= 0.6 is 34.8 Å². The van der Waals surface area contributed by atoms with Gasteiger partial charge in [0.2, 0.25) is 0 Å². The third-order valence-corrected chi connectivity index (χ3v) is 6.22. The van der Waals surface area contributed by atoms with Gasteiger partial charge in [0, 0.05) is 23.0 Å². The lowest BCUT2D eigenvalue weighted by atomic mass is 9.98.